The SMILES string of the molecule is Cc1nn(-c2cccc(Cl)c2)c(Cl)c1/C=N\NC(=O)C1CC1. The minimum Gasteiger partial charge on any atom is -0.273 e. The molecule has 114 valence electrons. The van der Waals surface area contributed by atoms with Gasteiger partial charge >= 0.3 is 0 Å². The summed E-state index contributed by atoms with van der Waals surface area (Å²) in [6.07, 6.45) is 3.40. The maximum atomic E-state index is 11.5. The number of hydrogen-bond acceptors (Lipinski definition) is 3. The second-order valence-corrected chi connectivity index (χ2v) is 5.98. The third kappa shape index (κ3) is 3.15. The lowest BCUT2D eigenvalue weighted by atomic mass is 10.3. The van der Waals surface area contributed by atoms with Gasteiger partial charge in [-0.1, -0.05) is 29.3 Å². The lowest BCUT2D eigenvalue weighted by Crippen LogP contribution is -2.19. The molecule has 1 aromatic carbocycles. The minimum absolute atomic E-state index is 0.0488. The largest absolute Gasteiger partial charge is 0.273 e. The Hall–Kier alpha value is -1.85. The van der Waals surface area contributed by atoms with E-state index in [4.69, 9.17) is 23.2 Å². The average Bonchev–Trinajstić information content (AvgIpc) is 3.29. The molecule has 0 spiro atoms. The van der Waals surface area contributed by atoms with Gasteiger partial charge in [-0.25, -0.2) is 10.1 Å². The molecule has 1 aliphatic carbocycles. The van der Waals surface area contributed by atoms with Gasteiger partial charge in [0.2, 0.25) is 5.91 Å². The Kier molecular flexibility index (Phi) is 4.18. The zero-order valence-corrected chi connectivity index (χ0v) is 13.4. The third-order valence-electron chi connectivity index (χ3n) is 3.42. The molecule has 0 aliphatic heterocycles. The van der Waals surface area contributed by atoms with E-state index in [2.05, 4.69) is 15.6 Å². The van der Waals surface area contributed by atoms with Gasteiger partial charge in [0.1, 0.15) is 5.15 Å². The normalized spacial score (nSPS) is 14.5. The highest BCUT2D eigenvalue weighted by Crippen LogP contribution is 2.28. The van der Waals surface area contributed by atoms with E-state index in [9.17, 15) is 4.79 Å². The predicted octanol–water partition coefficient (Wildman–Crippen LogP) is 3.35. The topological polar surface area (TPSA) is 59.3 Å². The van der Waals surface area contributed by atoms with Crippen LogP contribution in [0.5, 0.6) is 0 Å². The average molecular weight is 337 g/mol. The number of carbonyl (C=O) groups is 1. The van der Waals surface area contributed by atoms with E-state index < -0.39 is 0 Å². The van der Waals surface area contributed by atoms with Gasteiger partial charge in [-0.3, -0.25) is 4.79 Å². The first-order chi connectivity index (χ1) is 10.6. The van der Waals surface area contributed by atoms with E-state index in [1.807, 2.05) is 19.1 Å². The Bertz CT molecular complexity index is 750. The molecule has 7 heteroatoms. The van der Waals surface area contributed by atoms with Crippen LogP contribution in [0, 0.1) is 12.8 Å². The van der Waals surface area contributed by atoms with Crippen LogP contribution >= 0.6 is 23.2 Å². The number of hydrazone groups is 1. The summed E-state index contributed by atoms with van der Waals surface area (Å²) in [4.78, 5) is 11.5. The highest BCUT2D eigenvalue weighted by Gasteiger charge is 2.29. The van der Waals surface area contributed by atoms with Crippen LogP contribution in [-0.4, -0.2) is 21.9 Å². The van der Waals surface area contributed by atoms with E-state index in [1.165, 1.54) is 6.21 Å². The van der Waals surface area contributed by atoms with Crippen molar-refractivity contribution in [1.82, 2.24) is 15.2 Å². The molecular formula is C15H14Cl2N4O. The van der Waals surface area contributed by atoms with Crippen LogP contribution in [0.2, 0.25) is 10.2 Å². The van der Waals surface area contributed by atoms with Crippen molar-refractivity contribution in [2.75, 3.05) is 0 Å². The van der Waals surface area contributed by atoms with E-state index in [-0.39, 0.29) is 11.8 Å². The van der Waals surface area contributed by atoms with Gasteiger partial charge in [-0.2, -0.15) is 10.2 Å². The Morgan fingerprint density at radius 2 is 2.23 bits per heavy atom. The molecule has 1 heterocycles. The summed E-state index contributed by atoms with van der Waals surface area (Å²) in [5.74, 6) is 0.0650. The van der Waals surface area contributed by atoms with Gasteiger partial charge in [-0.05, 0) is 38.0 Å². The lowest BCUT2D eigenvalue weighted by Gasteiger charge is -2.03. The molecule has 0 bridgehead atoms. The number of halogens is 2. The summed E-state index contributed by atoms with van der Waals surface area (Å²) in [7, 11) is 0. The summed E-state index contributed by atoms with van der Waals surface area (Å²) >= 11 is 12.3. The number of aryl methyl sites for hydroxylation is 1. The number of nitrogens with one attached hydrogen (secondary N) is 1. The number of carbonyl (C=O) groups excluding carboxylic acids is 1. The second kappa shape index (κ2) is 6.10. The fourth-order valence-corrected chi connectivity index (χ4v) is 2.54. The van der Waals surface area contributed by atoms with Crippen LogP contribution in [0.15, 0.2) is 29.4 Å². The van der Waals surface area contributed by atoms with Gasteiger partial charge in [0.05, 0.1) is 23.2 Å². The highest BCUT2D eigenvalue weighted by molar-refractivity contribution is 6.32. The van der Waals surface area contributed by atoms with Crippen molar-refractivity contribution in [3.05, 3.63) is 45.7 Å². The van der Waals surface area contributed by atoms with Crippen LogP contribution in [0.4, 0.5) is 0 Å². The second-order valence-electron chi connectivity index (χ2n) is 5.19. The van der Waals surface area contributed by atoms with Crippen molar-refractivity contribution in [3.63, 3.8) is 0 Å². The molecule has 0 radical (unpaired) electrons. The number of nitrogens with zero attached hydrogens (tertiary/aromatic N) is 3. The molecule has 0 atom stereocenters. The molecule has 0 saturated heterocycles. The smallest absolute Gasteiger partial charge is 0.243 e. The van der Waals surface area contributed by atoms with Crippen LogP contribution in [-0.2, 0) is 4.79 Å². The number of rotatable bonds is 4. The van der Waals surface area contributed by atoms with Crippen LogP contribution < -0.4 is 5.43 Å². The van der Waals surface area contributed by atoms with Crippen LogP contribution in [0.3, 0.4) is 0 Å². The van der Waals surface area contributed by atoms with E-state index >= 15 is 0 Å². The molecule has 1 aromatic heterocycles. The summed E-state index contributed by atoms with van der Waals surface area (Å²) in [6.45, 7) is 1.83. The molecule has 3 rings (SSSR count). The zero-order chi connectivity index (χ0) is 15.7. The quantitative estimate of drug-likeness (QED) is 0.687. The van der Waals surface area contributed by atoms with Crippen molar-refractivity contribution >= 4 is 35.3 Å². The predicted molar refractivity (Wildman–Crippen MR) is 86.8 cm³/mol. The summed E-state index contributed by atoms with van der Waals surface area (Å²) < 4.78 is 1.59. The van der Waals surface area contributed by atoms with Gasteiger partial charge in [0.15, 0.2) is 0 Å². The number of aromatic nitrogens is 2. The van der Waals surface area contributed by atoms with Crippen molar-refractivity contribution < 1.29 is 4.79 Å². The highest BCUT2D eigenvalue weighted by atomic mass is 35.5. The molecule has 0 unspecified atom stereocenters. The van der Waals surface area contributed by atoms with Crippen molar-refractivity contribution in [2.45, 2.75) is 19.8 Å². The maximum absolute atomic E-state index is 11.5. The van der Waals surface area contributed by atoms with Gasteiger partial charge in [0, 0.05) is 10.9 Å². The first-order valence-electron chi connectivity index (χ1n) is 6.90. The Morgan fingerprint density at radius 1 is 1.45 bits per heavy atom. The number of amides is 1. The van der Waals surface area contributed by atoms with E-state index in [0.717, 1.165) is 24.2 Å². The monoisotopic (exact) mass is 336 g/mol. The van der Waals surface area contributed by atoms with Crippen molar-refractivity contribution in [3.8, 4) is 5.69 Å². The van der Waals surface area contributed by atoms with Crippen LogP contribution in [0.1, 0.15) is 24.1 Å². The van der Waals surface area contributed by atoms with Gasteiger partial charge in [-0.15, -0.1) is 0 Å². The Morgan fingerprint density at radius 3 is 2.91 bits per heavy atom. The first kappa shape index (κ1) is 15.1. The molecule has 1 amide bonds. The van der Waals surface area contributed by atoms with Crippen LogP contribution in [0.25, 0.3) is 5.69 Å². The summed E-state index contributed by atoms with van der Waals surface area (Å²) in [5, 5.41) is 9.38. The lowest BCUT2D eigenvalue weighted by molar-refractivity contribution is -0.122. The molecule has 1 fully saturated rings. The number of benzene rings is 1. The molecule has 1 saturated carbocycles. The van der Waals surface area contributed by atoms with Gasteiger partial charge < -0.3 is 0 Å². The fourth-order valence-electron chi connectivity index (χ4n) is 2.03. The fraction of sp³-hybridized carbons (Fsp3) is 0.267. The number of hydrogen-bond donors (Lipinski definition) is 1. The molecule has 2 aromatic rings. The van der Waals surface area contributed by atoms with E-state index in [0.29, 0.717) is 15.7 Å². The Labute approximate surface area is 137 Å². The first-order valence-corrected chi connectivity index (χ1v) is 7.66. The van der Waals surface area contributed by atoms with Crippen molar-refractivity contribution in [2.24, 2.45) is 11.0 Å². The zero-order valence-electron chi connectivity index (χ0n) is 11.9. The Balaban J connectivity index is 1.83. The third-order valence-corrected chi connectivity index (χ3v) is 4.02. The molecule has 22 heavy (non-hydrogen) atoms. The maximum Gasteiger partial charge on any atom is 0.243 e. The van der Waals surface area contributed by atoms with E-state index in [1.54, 1.807) is 16.8 Å². The van der Waals surface area contributed by atoms with Gasteiger partial charge in [0.25, 0.3) is 0 Å². The minimum atomic E-state index is -0.0488. The molecular weight excluding hydrogens is 323 g/mol. The summed E-state index contributed by atoms with van der Waals surface area (Å²) in [5.41, 5.74) is 4.67. The summed E-state index contributed by atoms with van der Waals surface area (Å²) in [6, 6.07) is 7.25. The molecule has 1 N–H and O–H groups in total. The standard InChI is InChI=1S/C15H14Cl2N4O/c1-9-13(8-18-19-15(22)10-5-6-10)14(17)21(20-9)12-4-2-3-11(16)7-12/h2-4,7-8,10H,5-6H2,1H3,(H,19,22)/b18-8-. The molecule has 5 nitrogen and oxygen atoms in total. The molecule has 1 aliphatic rings. The van der Waals surface area contributed by atoms with Crippen molar-refractivity contribution in [1.29, 1.82) is 0 Å².